The third-order valence-electron chi connectivity index (χ3n) is 4.59. The largest absolute Gasteiger partial charge is 0.493 e. The molecule has 1 aromatic heterocycles. The van der Waals surface area contributed by atoms with E-state index in [0.29, 0.717) is 24.9 Å². The van der Waals surface area contributed by atoms with Crippen molar-refractivity contribution in [3.8, 4) is 11.4 Å². The summed E-state index contributed by atoms with van der Waals surface area (Å²) in [6.07, 6.45) is 2.19. The first kappa shape index (κ1) is 18.4. The van der Waals surface area contributed by atoms with Crippen molar-refractivity contribution in [2.75, 3.05) is 18.5 Å². The van der Waals surface area contributed by atoms with Crippen LogP contribution in [-0.2, 0) is 6.42 Å². The Kier molecular flexibility index (Phi) is 5.00. The predicted octanol–water partition coefficient (Wildman–Crippen LogP) is 3.83. The van der Waals surface area contributed by atoms with Gasteiger partial charge >= 0.3 is 0 Å². The molecule has 2 heterocycles. The molecule has 4 rings (SSSR count). The number of anilines is 1. The number of para-hydroxylation sites is 1. The Morgan fingerprint density at radius 3 is 2.89 bits per heavy atom. The Hall–Kier alpha value is -2.93. The van der Waals surface area contributed by atoms with Gasteiger partial charge in [-0.25, -0.2) is 8.78 Å². The van der Waals surface area contributed by atoms with Crippen LogP contribution < -0.4 is 15.6 Å². The SMILES string of the molecule is O=c1c(Cl)c(NCC2COc3ccccc3C2)cnn1-c1ccc(F)cc1F. The van der Waals surface area contributed by atoms with Gasteiger partial charge < -0.3 is 10.1 Å². The molecule has 5 nitrogen and oxygen atoms in total. The maximum atomic E-state index is 13.9. The molecular formula is C20H16ClF2N3O2. The molecule has 1 aliphatic rings. The molecule has 8 heteroatoms. The van der Waals surface area contributed by atoms with Gasteiger partial charge in [-0.15, -0.1) is 0 Å². The van der Waals surface area contributed by atoms with Gasteiger partial charge in [0.05, 0.1) is 18.5 Å². The van der Waals surface area contributed by atoms with Crippen molar-refractivity contribution in [2.45, 2.75) is 6.42 Å². The fourth-order valence-corrected chi connectivity index (χ4v) is 3.35. The summed E-state index contributed by atoms with van der Waals surface area (Å²) in [4.78, 5) is 12.5. The molecule has 3 aromatic rings. The lowest BCUT2D eigenvalue weighted by atomic mass is 9.97. The van der Waals surface area contributed by atoms with Gasteiger partial charge in [-0.05, 0) is 30.2 Å². The zero-order chi connectivity index (χ0) is 19.7. The summed E-state index contributed by atoms with van der Waals surface area (Å²) in [5.74, 6) is -0.551. The van der Waals surface area contributed by atoms with Crippen LogP contribution >= 0.6 is 11.6 Å². The molecule has 1 aliphatic heterocycles. The highest BCUT2D eigenvalue weighted by Gasteiger charge is 2.20. The van der Waals surface area contributed by atoms with E-state index in [1.54, 1.807) is 0 Å². The summed E-state index contributed by atoms with van der Waals surface area (Å²) in [7, 11) is 0. The Balaban J connectivity index is 1.51. The second-order valence-corrected chi connectivity index (χ2v) is 6.93. The topological polar surface area (TPSA) is 56.1 Å². The minimum atomic E-state index is -0.899. The molecule has 0 radical (unpaired) electrons. The molecule has 1 unspecified atom stereocenters. The summed E-state index contributed by atoms with van der Waals surface area (Å²) >= 11 is 6.17. The fourth-order valence-electron chi connectivity index (χ4n) is 3.16. The predicted molar refractivity (Wildman–Crippen MR) is 102 cm³/mol. The van der Waals surface area contributed by atoms with Gasteiger partial charge in [0.1, 0.15) is 22.3 Å². The van der Waals surface area contributed by atoms with E-state index in [2.05, 4.69) is 10.4 Å². The van der Waals surface area contributed by atoms with Gasteiger partial charge in [0, 0.05) is 18.5 Å². The molecule has 1 N–H and O–H groups in total. The van der Waals surface area contributed by atoms with Crippen LogP contribution in [0.15, 0.2) is 53.5 Å². The second-order valence-electron chi connectivity index (χ2n) is 6.55. The first-order valence-corrected chi connectivity index (χ1v) is 9.08. The van der Waals surface area contributed by atoms with Crippen molar-refractivity contribution in [2.24, 2.45) is 5.92 Å². The van der Waals surface area contributed by atoms with E-state index in [9.17, 15) is 13.6 Å². The third-order valence-corrected chi connectivity index (χ3v) is 4.96. The molecule has 0 amide bonds. The molecular weight excluding hydrogens is 388 g/mol. The van der Waals surface area contributed by atoms with E-state index >= 15 is 0 Å². The van der Waals surface area contributed by atoms with Crippen molar-refractivity contribution in [3.63, 3.8) is 0 Å². The van der Waals surface area contributed by atoms with Gasteiger partial charge in [-0.3, -0.25) is 4.79 Å². The van der Waals surface area contributed by atoms with Crippen LogP contribution in [0.25, 0.3) is 5.69 Å². The van der Waals surface area contributed by atoms with E-state index in [1.165, 1.54) is 6.20 Å². The molecule has 1 atom stereocenters. The van der Waals surface area contributed by atoms with Gasteiger partial charge in [0.15, 0.2) is 5.82 Å². The lowest BCUT2D eigenvalue weighted by Crippen LogP contribution is -2.29. The average molecular weight is 404 g/mol. The number of nitrogens with one attached hydrogen (secondary N) is 1. The van der Waals surface area contributed by atoms with Crippen LogP contribution in [0.3, 0.4) is 0 Å². The van der Waals surface area contributed by atoms with Gasteiger partial charge in [0.25, 0.3) is 5.56 Å². The van der Waals surface area contributed by atoms with E-state index < -0.39 is 17.2 Å². The van der Waals surface area contributed by atoms with Crippen molar-refractivity contribution in [3.05, 3.63) is 81.2 Å². The first-order chi connectivity index (χ1) is 13.5. The van der Waals surface area contributed by atoms with Crippen LogP contribution in [0.1, 0.15) is 5.56 Å². The molecule has 144 valence electrons. The first-order valence-electron chi connectivity index (χ1n) is 8.71. The van der Waals surface area contributed by atoms with E-state index in [4.69, 9.17) is 16.3 Å². The summed E-state index contributed by atoms with van der Waals surface area (Å²) < 4.78 is 33.6. The monoisotopic (exact) mass is 403 g/mol. The highest BCUT2D eigenvalue weighted by Crippen LogP contribution is 2.27. The number of fused-ring (bicyclic) bond motifs is 1. The Bertz CT molecular complexity index is 1090. The number of rotatable bonds is 4. The van der Waals surface area contributed by atoms with Crippen molar-refractivity contribution in [1.29, 1.82) is 0 Å². The third kappa shape index (κ3) is 3.57. The number of benzene rings is 2. The molecule has 28 heavy (non-hydrogen) atoms. The lowest BCUT2D eigenvalue weighted by molar-refractivity contribution is 0.229. The van der Waals surface area contributed by atoms with Crippen LogP contribution in [-0.4, -0.2) is 22.9 Å². The van der Waals surface area contributed by atoms with Gasteiger partial charge in [0.2, 0.25) is 0 Å². The maximum Gasteiger partial charge on any atom is 0.292 e. The Morgan fingerprint density at radius 1 is 1.25 bits per heavy atom. The Morgan fingerprint density at radius 2 is 2.07 bits per heavy atom. The maximum absolute atomic E-state index is 13.9. The average Bonchev–Trinajstić information content (AvgIpc) is 2.70. The number of ether oxygens (including phenoxy) is 1. The van der Waals surface area contributed by atoms with Gasteiger partial charge in [-0.2, -0.15) is 9.78 Å². The number of halogens is 3. The minimum Gasteiger partial charge on any atom is -0.493 e. The molecule has 0 saturated heterocycles. The van der Waals surface area contributed by atoms with Crippen LogP contribution in [0, 0.1) is 17.6 Å². The molecule has 0 fully saturated rings. The van der Waals surface area contributed by atoms with Crippen LogP contribution in [0.5, 0.6) is 5.75 Å². The second kappa shape index (κ2) is 7.59. The van der Waals surface area contributed by atoms with Crippen LogP contribution in [0.4, 0.5) is 14.5 Å². The summed E-state index contributed by atoms with van der Waals surface area (Å²) in [6, 6.07) is 10.7. The minimum absolute atomic E-state index is 0.115. The number of hydrogen-bond donors (Lipinski definition) is 1. The molecule has 0 spiro atoms. The van der Waals surface area contributed by atoms with Crippen molar-refractivity contribution < 1.29 is 13.5 Å². The molecule has 0 saturated carbocycles. The highest BCUT2D eigenvalue weighted by atomic mass is 35.5. The zero-order valence-corrected chi connectivity index (χ0v) is 15.4. The van der Waals surface area contributed by atoms with E-state index in [1.807, 2.05) is 24.3 Å². The van der Waals surface area contributed by atoms with E-state index in [-0.39, 0.29) is 16.6 Å². The standard InChI is InChI=1S/C20H16ClF2N3O2/c21-19-16(24-9-12-7-13-3-1-2-4-18(13)28-11-12)10-25-26(20(19)27)17-6-5-14(22)8-15(17)23/h1-6,8,10,12,24H,7,9,11H2. The Labute approximate surface area is 164 Å². The summed E-state index contributed by atoms with van der Waals surface area (Å²) in [5.41, 5.74) is 0.621. The highest BCUT2D eigenvalue weighted by molar-refractivity contribution is 6.32. The van der Waals surface area contributed by atoms with Crippen molar-refractivity contribution in [1.82, 2.24) is 9.78 Å². The quantitative estimate of drug-likeness (QED) is 0.719. The zero-order valence-electron chi connectivity index (χ0n) is 14.7. The number of hydrogen-bond acceptors (Lipinski definition) is 4. The molecule has 2 aromatic carbocycles. The molecule has 0 aliphatic carbocycles. The lowest BCUT2D eigenvalue weighted by Gasteiger charge is -2.25. The smallest absolute Gasteiger partial charge is 0.292 e. The summed E-state index contributed by atoms with van der Waals surface area (Å²) in [6.45, 7) is 1.08. The normalized spacial score (nSPS) is 15.6. The van der Waals surface area contributed by atoms with Gasteiger partial charge in [-0.1, -0.05) is 29.8 Å². The summed E-state index contributed by atoms with van der Waals surface area (Å²) in [5, 5.41) is 6.96. The van der Waals surface area contributed by atoms with E-state index in [0.717, 1.165) is 34.5 Å². The molecule has 0 bridgehead atoms. The fraction of sp³-hybridized carbons (Fsp3) is 0.200. The number of nitrogens with zero attached hydrogens (tertiary/aromatic N) is 2. The van der Waals surface area contributed by atoms with Crippen LogP contribution in [0.2, 0.25) is 5.02 Å². The van der Waals surface area contributed by atoms with Crippen molar-refractivity contribution >= 4 is 17.3 Å². The number of aromatic nitrogens is 2.